The summed E-state index contributed by atoms with van der Waals surface area (Å²) in [7, 11) is 0. The monoisotopic (exact) mass is 613 g/mol. The molecule has 0 aromatic heterocycles. The van der Waals surface area contributed by atoms with Gasteiger partial charge < -0.3 is 24.2 Å². The molecule has 3 amide bonds. The maximum absolute atomic E-state index is 13.6. The van der Waals surface area contributed by atoms with Gasteiger partial charge in [-0.3, -0.25) is 9.59 Å². The summed E-state index contributed by atoms with van der Waals surface area (Å²) < 4.78 is 50.2. The molecule has 0 aliphatic carbocycles. The van der Waals surface area contributed by atoms with Gasteiger partial charge in [0.25, 0.3) is 0 Å². The van der Waals surface area contributed by atoms with E-state index in [9.17, 15) is 27.6 Å². The number of hydrogen-bond donors (Lipinski definition) is 0. The minimum Gasteiger partial charge on any atom is -0.445 e. The highest BCUT2D eigenvalue weighted by Gasteiger charge is 2.51. The highest BCUT2D eigenvalue weighted by atomic mass is 19.4. The number of halogens is 3. The van der Waals surface area contributed by atoms with E-state index in [0.717, 1.165) is 37.0 Å². The third kappa shape index (κ3) is 6.29. The number of carbonyl (C=O) groups excluding carboxylic acids is 3. The zero-order valence-corrected chi connectivity index (χ0v) is 24.8. The Kier molecular flexibility index (Phi) is 8.34. The molecule has 8 nitrogen and oxygen atoms in total. The van der Waals surface area contributed by atoms with E-state index < -0.39 is 11.7 Å². The summed E-state index contributed by atoms with van der Waals surface area (Å²) in [6.45, 7) is 5.25. The van der Waals surface area contributed by atoms with Gasteiger partial charge in [0.2, 0.25) is 11.8 Å². The molecule has 4 saturated heterocycles. The second-order valence-corrected chi connectivity index (χ2v) is 12.9. The number of benzene rings is 2. The fraction of sp³-hybridized carbons (Fsp3) is 0.545. The number of rotatable bonds is 5. The zero-order valence-electron chi connectivity index (χ0n) is 24.8. The third-order valence-corrected chi connectivity index (χ3v) is 9.96. The van der Waals surface area contributed by atoms with Crippen LogP contribution >= 0.6 is 0 Å². The van der Waals surface area contributed by atoms with Crippen LogP contribution in [0.1, 0.15) is 42.9 Å². The van der Waals surface area contributed by atoms with Gasteiger partial charge in [-0.1, -0.05) is 42.5 Å². The summed E-state index contributed by atoms with van der Waals surface area (Å²) in [5, 5.41) is 0. The molecule has 2 aromatic carbocycles. The van der Waals surface area contributed by atoms with Crippen LogP contribution in [0.15, 0.2) is 54.6 Å². The standard InChI is InChI=1S/C33H38F3N3O5/c1-22-16-32(21-39(22)31(42)44-19-24-5-3-2-4-6-24)11-13-37(14-12-32)30(41)27-20-43-28-18-38(17-26(27)28)29(40)15-23-7-9-25(10-8-23)33(34,35)36/h2-10,22,26-28H,11-21H2,1H3. The van der Waals surface area contributed by atoms with Crippen LogP contribution in [-0.4, -0.2) is 84.1 Å². The van der Waals surface area contributed by atoms with E-state index in [4.69, 9.17) is 9.47 Å². The van der Waals surface area contributed by atoms with E-state index >= 15 is 0 Å². The van der Waals surface area contributed by atoms with Crippen molar-refractivity contribution >= 4 is 17.9 Å². The van der Waals surface area contributed by atoms with E-state index in [0.29, 0.717) is 44.9 Å². The normalized spacial score (nSPS) is 26.2. The van der Waals surface area contributed by atoms with Crippen LogP contribution in [0, 0.1) is 17.3 Å². The molecular weight excluding hydrogens is 575 g/mol. The number of likely N-dealkylation sites (tertiary alicyclic amines) is 3. The minimum absolute atomic E-state index is 0.000361. The van der Waals surface area contributed by atoms with Crippen molar-refractivity contribution in [3.8, 4) is 0 Å². The molecule has 4 aliphatic heterocycles. The van der Waals surface area contributed by atoms with Crippen LogP contribution in [0.4, 0.5) is 18.0 Å². The van der Waals surface area contributed by atoms with Crippen molar-refractivity contribution in [3.63, 3.8) is 0 Å². The van der Waals surface area contributed by atoms with Crippen molar-refractivity contribution in [2.75, 3.05) is 39.3 Å². The first-order valence-electron chi connectivity index (χ1n) is 15.3. The Hall–Kier alpha value is -3.60. The molecule has 4 heterocycles. The molecule has 4 unspecified atom stereocenters. The first-order valence-corrected chi connectivity index (χ1v) is 15.3. The second kappa shape index (κ2) is 12.1. The number of piperidine rings is 1. The molecular formula is C33H38F3N3O5. The van der Waals surface area contributed by atoms with Gasteiger partial charge in [0.1, 0.15) is 6.61 Å². The Bertz CT molecular complexity index is 1360. The molecule has 4 aliphatic rings. The van der Waals surface area contributed by atoms with Gasteiger partial charge in [0.05, 0.1) is 30.6 Å². The Morgan fingerprint density at radius 2 is 1.66 bits per heavy atom. The smallest absolute Gasteiger partial charge is 0.416 e. The fourth-order valence-corrected chi connectivity index (χ4v) is 7.43. The minimum atomic E-state index is -4.42. The Morgan fingerprint density at radius 3 is 2.34 bits per heavy atom. The molecule has 2 aromatic rings. The maximum Gasteiger partial charge on any atom is 0.416 e. The van der Waals surface area contributed by atoms with Gasteiger partial charge in [-0.2, -0.15) is 13.2 Å². The lowest BCUT2D eigenvalue weighted by molar-refractivity contribution is -0.140. The molecule has 4 atom stereocenters. The average molecular weight is 614 g/mol. The molecule has 4 fully saturated rings. The van der Waals surface area contributed by atoms with Gasteiger partial charge in [-0.25, -0.2) is 4.79 Å². The molecule has 1 spiro atoms. The second-order valence-electron chi connectivity index (χ2n) is 12.9. The highest BCUT2D eigenvalue weighted by Crippen LogP contribution is 2.44. The van der Waals surface area contributed by atoms with Crippen LogP contribution in [0.25, 0.3) is 0 Å². The number of nitrogens with zero attached hydrogens (tertiary/aromatic N) is 3. The largest absolute Gasteiger partial charge is 0.445 e. The summed E-state index contributed by atoms with van der Waals surface area (Å²) in [6, 6.07) is 14.3. The number of alkyl halides is 3. The van der Waals surface area contributed by atoms with Crippen LogP contribution in [-0.2, 0) is 38.3 Å². The quantitative estimate of drug-likeness (QED) is 0.486. The molecule has 6 rings (SSSR count). The van der Waals surface area contributed by atoms with Gasteiger partial charge in [0, 0.05) is 44.7 Å². The summed E-state index contributed by atoms with van der Waals surface area (Å²) >= 11 is 0. The Morgan fingerprint density at radius 1 is 0.955 bits per heavy atom. The summed E-state index contributed by atoms with van der Waals surface area (Å²) in [6.07, 6.45) is -2.44. The molecule has 0 radical (unpaired) electrons. The molecule has 236 valence electrons. The van der Waals surface area contributed by atoms with Crippen LogP contribution in [0.5, 0.6) is 0 Å². The third-order valence-electron chi connectivity index (χ3n) is 9.96. The van der Waals surface area contributed by atoms with Crippen LogP contribution in [0.2, 0.25) is 0 Å². The average Bonchev–Trinajstić information content (AvgIpc) is 3.69. The van der Waals surface area contributed by atoms with Gasteiger partial charge in [-0.15, -0.1) is 0 Å². The van der Waals surface area contributed by atoms with E-state index in [1.807, 2.05) is 40.1 Å². The van der Waals surface area contributed by atoms with E-state index in [2.05, 4.69) is 6.92 Å². The molecule has 44 heavy (non-hydrogen) atoms. The van der Waals surface area contributed by atoms with Crippen molar-refractivity contribution in [1.82, 2.24) is 14.7 Å². The lowest BCUT2D eigenvalue weighted by Crippen LogP contribution is -2.48. The molecule has 0 saturated carbocycles. The summed E-state index contributed by atoms with van der Waals surface area (Å²) in [5.74, 6) is -0.563. The number of ether oxygens (including phenoxy) is 2. The lowest BCUT2D eigenvalue weighted by atomic mass is 9.76. The SMILES string of the molecule is CC1CC2(CCN(C(=O)C3COC4CN(C(=O)Cc5ccc(C(F)(F)F)cc5)CC43)CC2)CN1C(=O)OCc1ccccc1. The lowest BCUT2D eigenvalue weighted by Gasteiger charge is -2.40. The van der Waals surface area contributed by atoms with Crippen molar-refractivity contribution in [3.05, 3.63) is 71.3 Å². The van der Waals surface area contributed by atoms with Crippen molar-refractivity contribution in [2.24, 2.45) is 17.3 Å². The van der Waals surface area contributed by atoms with E-state index in [-0.39, 0.29) is 60.3 Å². The van der Waals surface area contributed by atoms with E-state index in [1.165, 1.54) is 12.1 Å². The van der Waals surface area contributed by atoms with Crippen molar-refractivity contribution < 1.29 is 37.0 Å². The number of amides is 3. The summed E-state index contributed by atoms with van der Waals surface area (Å²) in [4.78, 5) is 44.9. The first-order chi connectivity index (χ1) is 21.0. The predicted octanol–water partition coefficient (Wildman–Crippen LogP) is 4.76. The van der Waals surface area contributed by atoms with Crippen molar-refractivity contribution in [1.29, 1.82) is 0 Å². The summed E-state index contributed by atoms with van der Waals surface area (Å²) in [5.41, 5.74) is 0.677. The molecule has 0 bridgehead atoms. The van der Waals surface area contributed by atoms with Crippen LogP contribution < -0.4 is 0 Å². The maximum atomic E-state index is 13.6. The Balaban J connectivity index is 0.989. The number of fused-ring (bicyclic) bond motifs is 1. The molecule has 0 N–H and O–H groups in total. The number of hydrogen-bond acceptors (Lipinski definition) is 5. The highest BCUT2D eigenvalue weighted by molar-refractivity contribution is 5.81. The van der Waals surface area contributed by atoms with Gasteiger partial charge in [-0.05, 0) is 54.9 Å². The number of carbonyl (C=O) groups is 3. The fourth-order valence-electron chi connectivity index (χ4n) is 7.43. The molecule has 11 heteroatoms. The van der Waals surface area contributed by atoms with E-state index in [1.54, 1.807) is 4.90 Å². The van der Waals surface area contributed by atoms with Crippen LogP contribution in [0.3, 0.4) is 0 Å². The van der Waals surface area contributed by atoms with Crippen molar-refractivity contribution in [2.45, 2.75) is 57.5 Å². The topological polar surface area (TPSA) is 79.4 Å². The first kappa shape index (κ1) is 30.4. The zero-order chi connectivity index (χ0) is 31.1. The van der Waals surface area contributed by atoms with Gasteiger partial charge in [0.15, 0.2) is 0 Å². The predicted molar refractivity (Wildman–Crippen MR) is 154 cm³/mol. The Labute approximate surface area is 255 Å². The van der Waals surface area contributed by atoms with Gasteiger partial charge >= 0.3 is 12.3 Å².